The van der Waals surface area contributed by atoms with Crippen LogP contribution in [0.5, 0.6) is 0 Å². The number of nitrogens with one attached hydrogen (secondary N) is 1. The van der Waals surface area contributed by atoms with Crippen LogP contribution in [0.3, 0.4) is 0 Å². The maximum Gasteiger partial charge on any atom is 0.375 e. The predicted octanol–water partition coefficient (Wildman–Crippen LogP) is 1.60. The van der Waals surface area contributed by atoms with Crippen LogP contribution in [0.25, 0.3) is 0 Å². The van der Waals surface area contributed by atoms with E-state index in [0.717, 1.165) is 0 Å². The van der Waals surface area contributed by atoms with Crippen LogP contribution in [0.15, 0.2) is 27.8 Å². The topological polar surface area (TPSA) is 120 Å². The lowest BCUT2D eigenvalue weighted by Crippen LogP contribution is -2.27. The highest BCUT2D eigenvalue weighted by atomic mass is 79.9. The highest BCUT2D eigenvalue weighted by Gasteiger charge is 2.14. The van der Waals surface area contributed by atoms with E-state index in [1.165, 1.54) is 12.1 Å². The summed E-state index contributed by atoms with van der Waals surface area (Å²) in [5, 5.41) is 14.4. The molecular formula is C10H11BrN4O4. The van der Waals surface area contributed by atoms with Gasteiger partial charge in [-0.15, -0.1) is 5.10 Å². The number of nitro groups is 1. The third-order valence-electron chi connectivity index (χ3n) is 1.94. The molecule has 0 spiro atoms. The molecule has 0 radical (unpaired) electrons. The number of hydrogen-bond donors (Lipinski definition) is 2. The average Bonchev–Trinajstić information content (AvgIpc) is 2.36. The summed E-state index contributed by atoms with van der Waals surface area (Å²) in [5.74, 6) is -1.21. The number of esters is 1. The van der Waals surface area contributed by atoms with Gasteiger partial charge in [-0.05, 0) is 19.1 Å². The summed E-state index contributed by atoms with van der Waals surface area (Å²) in [6.45, 7) is 1.78. The van der Waals surface area contributed by atoms with Gasteiger partial charge in [0.25, 0.3) is 5.69 Å². The van der Waals surface area contributed by atoms with Crippen molar-refractivity contribution in [2.24, 2.45) is 10.8 Å². The molecule has 0 atom stereocenters. The van der Waals surface area contributed by atoms with Crippen molar-refractivity contribution in [2.45, 2.75) is 6.92 Å². The van der Waals surface area contributed by atoms with E-state index in [4.69, 9.17) is 5.73 Å². The molecule has 0 aliphatic heterocycles. The molecule has 0 bridgehead atoms. The Kier molecular flexibility index (Phi) is 5.24. The summed E-state index contributed by atoms with van der Waals surface area (Å²) < 4.78 is 5.16. The van der Waals surface area contributed by atoms with Crippen molar-refractivity contribution in [2.75, 3.05) is 12.0 Å². The molecule has 0 heterocycles. The smallest absolute Gasteiger partial charge is 0.375 e. The third kappa shape index (κ3) is 4.21. The Morgan fingerprint density at radius 2 is 2.32 bits per heavy atom. The third-order valence-corrected chi connectivity index (χ3v) is 2.43. The number of benzene rings is 1. The number of nitrogens with two attached hydrogens (primary N) is 1. The van der Waals surface area contributed by atoms with E-state index >= 15 is 0 Å². The van der Waals surface area contributed by atoms with Crippen LogP contribution < -0.4 is 11.2 Å². The Balaban J connectivity index is 2.91. The second-order valence-electron chi connectivity index (χ2n) is 3.25. The van der Waals surface area contributed by atoms with E-state index in [1.807, 2.05) is 0 Å². The number of carbonyl (C=O) groups excluding carboxylic acids is 1. The lowest BCUT2D eigenvalue weighted by molar-refractivity contribution is -0.384. The molecule has 8 nitrogen and oxygen atoms in total. The lowest BCUT2D eigenvalue weighted by Gasteiger charge is -2.04. The van der Waals surface area contributed by atoms with Gasteiger partial charge in [-0.2, -0.15) is 0 Å². The van der Waals surface area contributed by atoms with Gasteiger partial charge in [-0.3, -0.25) is 15.5 Å². The maximum absolute atomic E-state index is 11.2. The quantitative estimate of drug-likeness (QED) is 0.284. The highest BCUT2D eigenvalue weighted by Crippen LogP contribution is 2.27. The molecule has 0 amide bonds. The van der Waals surface area contributed by atoms with Gasteiger partial charge in [0.05, 0.1) is 11.5 Å². The van der Waals surface area contributed by atoms with Crippen LogP contribution in [0.1, 0.15) is 6.92 Å². The van der Waals surface area contributed by atoms with Gasteiger partial charge < -0.3 is 10.5 Å². The number of rotatable bonds is 4. The minimum atomic E-state index is -0.797. The Bertz CT molecular complexity index is 532. The number of hydrogen-bond acceptors (Lipinski definition) is 6. The molecule has 0 aliphatic carbocycles. The number of amidine groups is 1. The molecule has 1 rings (SSSR count). The monoisotopic (exact) mass is 330 g/mol. The Morgan fingerprint density at radius 3 is 2.89 bits per heavy atom. The van der Waals surface area contributed by atoms with Crippen molar-refractivity contribution in [3.05, 3.63) is 32.8 Å². The summed E-state index contributed by atoms with van der Waals surface area (Å²) in [7, 11) is 0. The molecule has 0 saturated carbocycles. The number of nitro benzene ring substituents is 1. The largest absolute Gasteiger partial charge is 0.460 e. The van der Waals surface area contributed by atoms with Crippen molar-refractivity contribution in [1.29, 1.82) is 0 Å². The molecule has 0 aromatic heterocycles. The number of nitrogens with zero attached hydrogens (tertiary/aromatic N) is 2. The fourth-order valence-corrected chi connectivity index (χ4v) is 1.47. The van der Waals surface area contributed by atoms with E-state index in [9.17, 15) is 14.9 Å². The zero-order valence-electron chi connectivity index (χ0n) is 9.92. The van der Waals surface area contributed by atoms with Crippen molar-refractivity contribution in [3.8, 4) is 0 Å². The van der Waals surface area contributed by atoms with E-state index < -0.39 is 16.7 Å². The highest BCUT2D eigenvalue weighted by molar-refractivity contribution is 9.10. The molecule has 1 aromatic rings. The predicted molar refractivity (Wildman–Crippen MR) is 72.7 cm³/mol. The van der Waals surface area contributed by atoms with Gasteiger partial charge in [-0.25, -0.2) is 4.79 Å². The molecule has 1 aromatic carbocycles. The second kappa shape index (κ2) is 6.69. The van der Waals surface area contributed by atoms with Gasteiger partial charge in [0.15, 0.2) is 0 Å². The molecule has 0 fully saturated rings. The number of carbonyl (C=O) groups is 1. The van der Waals surface area contributed by atoms with E-state index in [-0.39, 0.29) is 18.0 Å². The lowest BCUT2D eigenvalue weighted by atomic mass is 10.3. The van der Waals surface area contributed by atoms with Gasteiger partial charge in [0, 0.05) is 10.5 Å². The summed E-state index contributed by atoms with van der Waals surface area (Å²) in [5.41, 5.74) is 7.61. The molecule has 0 unspecified atom stereocenters. The number of halogens is 1. The Morgan fingerprint density at radius 1 is 1.63 bits per heavy atom. The minimum absolute atomic E-state index is 0.112. The van der Waals surface area contributed by atoms with Crippen LogP contribution in [0.4, 0.5) is 11.4 Å². The molecular weight excluding hydrogens is 320 g/mol. The molecule has 102 valence electrons. The van der Waals surface area contributed by atoms with Crippen molar-refractivity contribution in [3.63, 3.8) is 0 Å². The normalized spacial score (nSPS) is 10.9. The van der Waals surface area contributed by atoms with Crippen LogP contribution in [0, 0.1) is 10.1 Å². The van der Waals surface area contributed by atoms with Crippen LogP contribution in [0.2, 0.25) is 0 Å². The van der Waals surface area contributed by atoms with E-state index in [1.54, 1.807) is 13.0 Å². The first-order chi connectivity index (χ1) is 8.95. The van der Waals surface area contributed by atoms with Crippen molar-refractivity contribution >= 4 is 39.1 Å². The van der Waals surface area contributed by atoms with Gasteiger partial charge >= 0.3 is 5.97 Å². The summed E-state index contributed by atoms with van der Waals surface area (Å²) in [6, 6.07) is 4.33. The van der Waals surface area contributed by atoms with Crippen LogP contribution in [-0.2, 0) is 9.53 Å². The summed E-state index contributed by atoms with van der Waals surface area (Å²) >= 11 is 3.12. The number of hydrazone groups is 1. The summed E-state index contributed by atoms with van der Waals surface area (Å²) in [6.07, 6.45) is 0. The Hall–Kier alpha value is -2.16. The van der Waals surface area contributed by atoms with Gasteiger partial charge in [0.1, 0.15) is 5.69 Å². The summed E-state index contributed by atoms with van der Waals surface area (Å²) in [4.78, 5) is 21.4. The molecule has 0 aliphatic rings. The first kappa shape index (κ1) is 14.9. The van der Waals surface area contributed by atoms with Crippen LogP contribution in [-0.4, -0.2) is 23.3 Å². The van der Waals surface area contributed by atoms with Crippen molar-refractivity contribution in [1.82, 2.24) is 0 Å². The van der Waals surface area contributed by atoms with Gasteiger partial charge in [0.2, 0.25) is 5.84 Å². The molecule has 9 heteroatoms. The maximum atomic E-state index is 11.2. The fraction of sp³-hybridized carbons (Fsp3) is 0.200. The fourth-order valence-electron chi connectivity index (χ4n) is 1.12. The number of anilines is 1. The van der Waals surface area contributed by atoms with E-state index in [2.05, 4.69) is 31.2 Å². The Labute approximate surface area is 116 Å². The van der Waals surface area contributed by atoms with Gasteiger partial charge in [-0.1, -0.05) is 15.9 Å². The zero-order valence-corrected chi connectivity index (χ0v) is 11.5. The second-order valence-corrected chi connectivity index (χ2v) is 4.16. The number of ether oxygens (including phenoxy) is 1. The van der Waals surface area contributed by atoms with E-state index in [0.29, 0.717) is 4.47 Å². The molecule has 19 heavy (non-hydrogen) atoms. The molecule has 3 N–H and O–H groups in total. The standard InChI is InChI=1S/C10H11BrN4O4/c1-2-19-10(16)9(12)14-13-7-4-3-6(11)5-8(7)15(17)18/h3-5,13H,2H2,1H3,(H2,12,14). The van der Waals surface area contributed by atoms with Crippen LogP contribution >= 0.6 is 15.9 Å². The first-order valence-electron chi connectivity index (χ1n) is 5.16. The zero-order chi connectivity index (χ0) is 14.4. The average molecular weight is 331 g/mol. The minimum Gasteiger partial charge on any atom is -0.460 e. The first-order valence-corrected chi connectivity index (χ1v) is 5.95. The molecule has 0 saturated heterocycles. The SMILES string of the molecule is CCOC(=O)/C(N)=N/Nc1ccc(Br)cc1[N+](=O)[O-]. The van der Waals surface area contributed by atoms with Crippen molar-refractivity contribution < 1.29 is 14.5 Å².